The van der Waals surface area contributed by atoms with Crippen LogP contribution in [0.5, 0.6) is 0 Å². The van der Waals surface area contributed by atoms with E-state index in [1.165, 1.54) is 0 Å². The molecule has 0 aliphatic carbocycles. The topological polar surface area (TPSA) is 43.7 Å². The first-order chi connectivity index (χ1) is 8.00. The van der Waals surface area contributed by atoms with Crippen molar-refractivity contribution in [1.82, 2.24) is 4.90 Å². The molecule has 3 nitrogen and oxygen atoms in total. The first-order valence-electron chi connectivity index (χ1n) is 5.79. The first kappa shape index (κ1) is 14.5. The smallest absolute Gasteiger partial charge is 0.0816 e. The molecule has 0 aliphatic rings. The Morgan fingerprint density at radius 2 is 1.94 bits per heavy atom. The van der Waals surface area contributed by atoms with Gasteiger partial charge in [-0.25, -0.2) is 0 Å². The Hall–Kier alpha value is -0.610. The molecule has 0 amide bonds. The van der Waals surface area contributed by atoms with Gasteiger partial charge in [0, 0.05) is 18.1 Å². The minimum atomic E-state index is -0.555. The number of likely N-dealkylation sites (N-methyl/N-ethyl adjacent to an activating group) is 1. The van der Waals surface area contributed by atoms with Gasteiger partial charge < -0.3 is 15.1 Å². The van der Waals surface area contributed by atoms with Gasteiger partial charge in [0.1, 0.15) is 0 Å². The molecule has 0 spiro atoms. The third-order valence-corrected chi connectivity index (χ3v) is 2.97. The van der Waals surface area contributed by atoms with Gasteiger partial charge in [-0.15, -0.1) is 0 Å². The highest BCUT2D eigenvalue weighted by Crippen LogP contribution is 2.24. The van der Waals surface area contributed by atoms with Crippen molar-refractivity contribution in [3.05, 3.63) is 34.9 Å². The maximum atomic E-state index is 10.0. The van der Waals surface area contributed by atoms with E-state index < -0.39 is 6.10 Å². The van der Waals surface area contributed by atoms with Crippen molar-refractivity contribution in [3.8, 4) is 0 Å². The lowest BCUT2D eigenvalue weighted by molar-refractivity contribution is 0.116. The third-order valence-electron chi connectivity index (χ3n) is 2.62. The number of halogens is 1. The maximum Gasteiger partial charge on any atom is 0.0816 e. The fraction of sp³-hybridized carbons (Fsp3) is 0.538. The van der Waals surface area contributed by atoms with E-state index in [-0.39, 0.29) is 6.10 Å². The molecule has 17 heavy (non-hydrogen) atoms. The highest BCUT2D eigenvalue weighted by atomic mass is 35.5. The Bertz CT molecular complexity index is 344. The molecule has 0 bridgehead atoms. The monoisotopic (exact) mass is 257 g/mol. The number of aliphatic hydroxyl groups is 2. The molecule has 0 aliphatic heterocycles. The Morgan fingerprint density at radius 1 is 1.29 bits per heavy atom. The third kappa shape index (κ3) is 5.04. The Balaban J connectivity index is 2.45. The van der Waals surface area contributed by atoms with Crippen molar-refractivity contribution in [2.45, 2.75) is 25.6 Å². The van der Waals surface area contributed by atoms with Crippen LogP contribution in [-0.2, 0) is 0 Å². The standard InChI is InChI=1S/C13H20ClNO2/c1-10(16)9-15(2)8-7-13(17)11-5-3-4-6-12(11)14/h3-6,10,13,16-17H,7-9H2,1-2H3. The lowest BCUT2D eigenvalue weighted by Gasteiger charge is -2.20. The van der Waals surface area contributed by atoms with Crippen molar-refractivity contribution in [1.29, 1.82) is 0 Å². The summed E-state index contributed by atoms with van der Waals surface area (Å²) in [5.74, 6) is 0. The fourth-order valence-corrected chi connectivity index (χ4v) is 2.05. The molecule has 0 radical (unpaired) electrons. The molecule has 1 rings (SSSR count). The second kappa shape index (κ2) is 6.97. The molecule has 96 valence electrons. The van der Waals surface area contributed by atoms with Gasteiger partial charge in [-0.3, -0.25) is 0 Å². The van der Waals surface area contributed by atoms with Crippen molar-refractivity contribution < 1.29 is 10.2 Å². The van der Waals surface area contributed by atoms with Gasteiger partial charge in [0.05, 0.1) is 12.2 Å². The lowest BCUT2D eigenvalue weighted by atomic mass is 10.1. The van der Waals surface area contributed by atoms with E-state index in [2.05, 4.69) is 0 Å². The largest absolute Gasteiger partial charge is 0.392 e. The van der Waals surface area contributed by atoms with Crippen molar-refractivity contribution in [2.75, 3.05) is 20.1 Å². The van der Waals surface area contributed by atoms with Crippen molar-refractivity contribution >= 4 is 11.6 Å². The molecule has 1 aromatic carbocycles. The molecule has 2 N–H and O–H groups in total. The van der Waals surface area contributed by atoms with Crippen LogP contribution in [0.3, 0.4) is 0 Å². The minimum absolute atomic E-state index is 0.350. The van der Waals surface area contributed by atoms with E-state index in [1.54, 1.807) is 13.0 Å². The van der Waals surface area contributed by atoms with Crippen LogP contribution in [0.2, 0.25) is 5.02 Å². The summed E-state index contributed by atoms with van der Waals surface area (Å²) in [6, 6.07) is 7.32. The van der Waals surface area contributed by atoms with Crippen LogP contribution in [0.15, 0.2) is 24.3 Å². The highest BCUT2D eigenvalue weighted by molar-refractivity contribution is 6.31. The SMILES string of the molecule is CC(O)CN(C)CCC(O)c1ccccc1Cl. The molecule has 0 fully saturated rings. The first-order valence-corrected chi connectivity index (χ1v) is 6.17. The van der Waals surface area contributed by atoms with Gasteiger partial charge >= 0.3 is 0 Å². The average Bonchev–Trinajstić information content (AvgIpc) is 2.25. The van der Waals surface area contributed by atoms with E-state index in [0.29, 0.717) is 18.0 Å². The Kier molecular flexibility index (Phi) is 5.92. The van der Waals surface area contributed by atoms with E-state index >= 15 is 0 Å². The summed E-state index contributed by atoms with van der Waals surface area (Å²) in [6.45, 7) is 3.08. The number of rotatable bonds is 6. The molecular formula is C13H20ClNO2. The van der Waals surface area contributed by atoms with Crippen LogP contribution in [0.4, 0.5) is 0 Å². The molecule has 2 unspecified atom stereocenters. The quantitative estimate of drug-likeness (QED) is 0.820. The van der Waals surface area contributed by atoms with Crippen LogP contribution in [0.1, 0.15) is 25.0 Å². The molecular weight excluding hydrogens is 238 g/mol. The predicted molar refractivity (Wildman–Crippen MR) is 70.2 cm³/mol. The second-order valence-electron chi connectivity index (χ2n) is 4.44. The summed E-state index contributed by atoms with van der Waals surface area (Å²) in [7, 11) is 1.92. The minimum Gasteiger partial charge on any atom is -0.392 e. The predicted octanol–water partition coefficient (Wildman–Crippen LogP) is 2.08. The van der Waals surface area contributed by atoms with Gasteiger partial charge in [-0.05, 0) is 32.0 Å². The normalized spacial score (nSPS) is 14.9. The van der Waals surface area contributed by atoms with Gasteiger partial charge in [0.25, 0.3) is 0 Å². The van der Waals surface area contributed by atoms with E-state index in [1.807, 2.05) is 30.1 Å². The summed E-state index contributed by atoms with van der Waals surface area (Å²) in [6.07, 6.45) is -0.301. The number of hydrogen-bond acceptors (Lipinski definition) is 3. The zero-order valence-corrected chi connectivity index (χ0v) is 11.1. The molecule has 1 aromatic rings. The zero-order chi connectivity index (χ0) is 12.8. The van der Waals surface area contributed by atoms with E-state index in [0.717, 1.165) is 12.1 Å². The summed E-state index contributed by atoms with van der Waals surface area (Å²) in [4.78, 5) is 1.99. The number of nitrogens with zero attached hydrogens (tertiary/aromatic N) is 1. The molecule has 2 atom stereocenters. The summed E-state index contributed by atoms with van der Waals surface area (Å²) in [5, 5.41) is 19.8. The van der Waals surface area contributed by atoms with Crippen LogP contribution in [-0.4, -0.2) is 41.4 Å². The van der Waals surface area contributed by atoms with Crippen molar-refractivity contribution in [3.63, 3.8) is 0 Å². The molecule has 0 saturated carbocycles. The number of hydrogen-bond donors (Lipinski definition) is 2. The van der Waals surface area contributed by atoms with Crippen molar-refractivity contribution in [2.24, 2.45) is 0 Å². The van der Waals surface area contributed by atoms with Gasteiger partial charge in [0.2, 0.25) is 0 Å². The van der Waals surface area contributed by atoms with Gasteiger partial charge in [-0.2, -0.15) is 0 Å². The van der Waals surface area contributed by atoms with Crippen LogP contribution >= 0.6 is 11.6 Å². The van der Waals surface area contributed by atoms with Crippen LogP contribution in [0, 0.1) is 0 Å². The highest BCUT2D eigenvalue weighted by Gasteiger charge is 2.12. The van der Waals surface area contributed by atoms with Gasteiger partial charge in [0.15, 0.2) is 0 Å². The van der Waals surface area contributed by atoms with E-state index in [9.17, 15) is 10.2 Å². The molecule has 0 heterocycles. The van der Waals surface area contributed by atoms with E-state index in [4.69, 9.17) is 11.6 Å². The summed E-state index contributed by atoms with van der Waals surface area (Å²) >= 11 is 6.01. The number of benzene rings is 1. The van der Waals surface area contributed by atoms with Gasteiger partial charge in [-0.1, -0.05) is 29.8 Å². The number of aliphatic hydroxyl groups excluding tert-OH is 2. The average molecular weight is 258 g/mol. The summed E-state index contributed by atoms with van der Waals surface area (Å²) < 4.78 is 0. The summed E-state index contributed by atoms with van der Waals surface area (Å²) in [5.41, 5.74) is 0.764. The molecule has 4 heteroatoms. The molecule has 0 saturated heterocycles. The lowest BCUT2D eigenvalue weighted by Crippen LogP contribution is -2.29. The maximum absolute atomic E-state index is 10.0. The zero-order valence-electron chi connectivity index (χ0n) is 10.3. The molecule has 0 aromatic heterocycles. The fourth-order valence-electron chi connectivity index (χ4n) is 1.79. The van der Waals surface area contributed by atoms with Crippen LogP contribution in [0.25, 0.3) is 0 Å². The van der Waals surface area contributed by atoms with Crippen LogP contribution < -0.4 is 0 Å². The Labute approximate surface area is 108 Å². The Morgan fingerprint density at radius 3 is 2.53 bits per heavy atom. The second-order valence-corrected chi connectivity index (χ2v) is 4.84.